The second-order valence-corrected chi connectivity index (χ2v) is 5.38. The summed E-state index contributed by atoms with van der Waals surface area (Å²) in [7, 11) is 0. The van der Waals surface area contributed by atoms with Gasteiger partial charge in [-0.15, -0.1) is 0 Å². The van der Waals surface area contributed by atoms with E-state index >= 15 is 0 Å². The fourth-order valence-corrected chi connectivity index (χ4v) is 2.91. The number of hydrogen-bond acceptors (Lipinski definition) is 5. The number of non-ortho nitro benzene ring substituents is 1. The minimum absolute atomic E-state index is 0.0281. The Bertz CT molecular complexity index is 747. The highest BCUT2D eigenvalue weighted by Gasteiger charge is 2.24. The SMILES string of the molecule is C[C@@H]1CC(=O)NCCN1c1ccc([N+](=O)[O-])c2cnccc12. The average molecular weight is 300 g/mol. The molecular weight excluding hydrogens is 284 g/mol. The largest absolute Gasteiger partial charge is 0.366 e. The number of benzene rings is 1. The molecular formula is C15H16N4O3. The number of rotatable bonds is 2. The molecule has 1 saturated heterocycles. The number of hydrogen-bond donors (Lipinski definition) is 1. The molecule has 1 aliphatic rings. The van der Waals surface area contributed by atoms with Crippen LogP contribution in [0.4, 0.5) is 11.4 Å². The monoisotopic (exact) mass is 300 g/mol. The minimum Gasteiger partial charge on any atom is -0.366 e. The Labute approximate surface area is 127 Å². The van der Waals surface area contributed by atoms with Gasteiger partial charge in [0, 0.05) is 55.1 Å². The van der Waals surface area contributed by atoms with Crippen LogP contribution in [-0.4, -0.2) is 34.9 Å². The number of amides is 1. The van der Waals surface area contributed by atoms with Gasteiger partial charge in [0.05, 0.1) is 10.3 Å². The Morgan fingerprint density at radius 2 is 2.18 bits per heavy atom. The molecule has 22 heavy (non-hydrogen) atoms. The molecule has 2 heterocycles. The van der Waals surface area contributed by atoms with E-state index in [2.05, 4.69) is 15.2 Å². The lowest BCUT2D eigenvalue weighted by atomic mass is 10.1. The van der Waals surface area contributed by atoms with Crippen LogP contribution in [0.1, 0.15) is 13.3 Å². The van der Waals surface area contributed by atoms with Crippen LogP contribution in [0.2, 0.25) is 0 Å². The summed E-state index contributed by atoms with van der Waals surface area (Å²) in [5.74, 6) is 0.0304. The molecule has 1 fully saturated rings. The number of fused-ring (bicyclic) bond motifs is 1. The quantitative estimate of drug-likeness (QED) is 0.675. The second kappa shape index (κ2) is 5.59. The van der Waals surface area contributed by atoms with Crippen LogP contribution in [0.25, 0.3) is 10.8 Å². The first-order chi connectivity index (χ1) is 10.6. The predicted octanol–water partition coefficient (Wildman–Crippen LogP) is 1.86. The van der Waals surface area contributed by atoms with E-state index in [1.807, 2.05) is 6.92 Å². The van der Waals surface area contributed by atoms with Gasteiger partial charge in [-0.05, 0) is 19.1 Å². The first-order valence-corrected chi connectivity index (χ1v) is 7.12. The summed E-state index contributed by atoms with van der Waals surface area (Å²) in [5, 5.41) is 15.3. The number of aromatic nitrogens is 1. The maximum Gasteiger partial charge on any atom is 0.278 e. The number of nitro benzene ring substituents is 1. The lowest BCUT2D eigenvalue weighted by Gasteiger charge is -2.29. The summed E-state index contributed by atoms with van der Waals surface area (Å²) in [6, 6.07) is 5.07. The van der Waals surface area contributed by atoms with Crippen LogP contribution in [-0.2, 0) is 4.79 Å². The van der Waals surface area contributed by atoms with E-state index in [1.54, 1.807) is 18.3 Å². The van der Waals surface area contributed by atoms with Crippen molar-refractivity contribution in [1.29, 1.82) is 0 Å². The number of carbonyl (C=O) groups excluding carboxylic acids is 1. The van der Waals surface area contributed by atoms with E-state index < -0.39 is 4.92 Å². The zero-order valence-corrected chi connectivity index (χ0v) is 12.2. The van der Waals surface area contributed by atoms with Crippen LogP contribution < -0.4 is 10.2 Å². The fourth-order valence-electron chi connectivity index (χ4n) is 2.91. The second-order valence-electron chi connectivity index (χ2n) is 5.38. The van der Waals surface area contributed by atoms with Crippen molar-refractivity contribution in [1.82, 2.24) is 10.3 Å². The molecule has 3 rings (SSSR count). The van der Waals surface area contributed by atoms with E-state index in [9.17, 15) is 14.9 Å². The summed E-state index contributed by atoms with van der Waals surface area (Å²) >= 11 is 0. The molecule has 0 radical (unpaired) electrons. The van der Waals surface area contributed by atoms with Crippen molar-refractivity contribution in [2.24, 2.45) is 0 Å². The van der Waals surface area contributed by atoms with Gasteiger partial charge in [-0.1, -0.05) is 0 Å². The molecule has 1 atom stereocenters. The molecule has 0 aliphatic carbocycles. The van der Waals surface area contributed by atoms with Crippen molar-refractivity contribution in [2.45, 2.75) is 19.4 Å². The van der Waals surface area contributed by atoms with Crippen LogP contribution >= 0.6 is 0 Å². The predicted molar refractivity (Wildman–Crippen MR) is 82.8 cm³/mol. The van der Waals surface area contributed by atoms with E-state index in [0.717, 1.165) is 11.1 Å². The van der Waals surface area contributed by atoms with Crippen molar-refractivity contribution < 1.29 is 9.72 Å². The van der Waals surface area contributed by atoms with E-state index in [4.69, 9.17) is 0 Å². The van der Waals surface area contributed by atoms with Gasteiger partial charge in [0.25, 0.3) is 5.69 Å². The van der Waals surface area contributed by atoms with Crippen molar-refractivity contribution in [2.75, 3.05) is 18.0 Å². The van der Waals surface area contributed by atoms with E-state index in [-0.39, 0.29) is 17.6 Å². The van der Waals surface area contributed by atoms with Crippen LogP contribution in [0.15, 0.2) is 30.6 Å². The Hall–Kier alpha value is -2.70. The molecule has 1 N–H and O–H groups in total. The van der Waals surface area contributed by atoms with Crippen LogP contribution in [0.3, 0.4) is 0 Å². The molecule has 7 heteroatoms. The molecule has 7 nitrogen and oxygen atoms in total. The summed E-state index contributed by atoms with van der Waals surface area (Å²) < 4.78 is 0. The first kappa shape index (κ1) is 14.2. The summed E-state index contributed by atoms with van der Waals surface area (Å²) in [4.78, 5) is 28.5. The third-order valence-electron chi connectivity index (χ3n) is 3.97. The maximum atomic E-state index is 11.6. The summed E-state index contributed by atoms with van der Waals surface area (Å²) in [5.41, 5.74) is 0.940. The molecule has 114 valence electrons. The topological polar surface area (TPSA) is 88.4 Å². The minimum atomic E-state index is -0.398. The zero-order valence-electron chi connectivity index (χ0n) is 12.2. The van der Waals surface area contributed by atoms with Crippen LogP contribution in [0.5, 0.6) is 0 Å². The van der Waals surface area contributed by atoms with Crippen LogP contribution in [0, 0.1) is 10.1 Å². The van der Waals surface area contributed by atoms with Crippen molar-refractivity contribution in [3.63, 3.8) is 0 Å². The van der Waals surface area contributed by atoms with Crippen molar-refractivity contribution in [3.05, 3.63) is 40.7 Å². The molecule has 1 aromatic carbocycles. The van der Waals surface area contributed by atoms with E-state index in [0.29, 0.717) is 24.9 Å². The Morgan fingerprint density at radius 3 is 2.95 bits per heavy atom. The lowest BCUT2D eigenvalue weighted by Crippen LogP contribution is -2.34. The summed E-state index contributed by atoms with van der Waals surface area (Å²) in [6.07, 6.45) is 3.55. The molecule has 1 aromatic heterocycles. The van der Waals surface area contributed by atoms with Gasteiger partial charge in [0.1, 0.15) is 0 Å². The van der Waals surface area contributed by atoms with E-state index in [1.165, 1.54) is 12.3 Å². The Morgan fingerprint density at radius 1 is 1.36 bits per heavy atom. The molecule has 2 aromatic rings. The van der Waals surface area contributed by atoms with Gasteiger partial charge in [-0.2, -0.15) is 0 Å². The Balaban J connectivity index is 2.13. The summed E-state index contributed by atoms with van der Waals surface area (Å²) in [6.45, 7) is 3.22. The number of nitrogens with one attached hydrogen (secondary N) is 1. The molecule has 0 saturated carbocycles. The van der Waals surface area contributed by atoms with Gasteiger partial charge in [0.2, 0.25) is 5.91 Å². The van der Waals surface area contributed by atoms with Gasteiger partial charge < -0.3 is 10.2 Å². The lowest BCUT2D eigenvalue weighted by molar-refractivity contribution is -0.383. The molecule has 1 amide bonds. The van der Waals surface area contributed by atoms with Gasteiger partial charge in [0.15, 0.2) is 0 Å². The number of pyridine rings is 1. The maximum absolute atomic E-state index is 11.6. The normalized spacial score (nSPS) is 18.9. The molecule has 0 bridgehead atoms. The third kappa shape index (κ3) is 2.45. The first-order valence-electron chi connectivity index (χ1n) is 7.12. The average Bonchev–Trinajstić information content (AvgIpc) is 2.66. The van der Waals surface area contributed by atoms with Crippen molar-refractivity contribution in [3.8, 4) is 0 Å². The third-order valence-corrected chi connectivity index (χ3v) is 3.97. The molecule has 0 unspecified atom stereocenters. The number of carbonyl (C=O) groups is 1. The zero-order chi connectivity index (χ0) is 15.7. The van der Waals surface area contributed by atoms with Gasteiger partial charge in [-0.25, -0.2) is 0 Å². The number of nitro groups is 1. The smallest absolute Gasteiger partial charge is 0.278 e. The number of anilines is 1. The standard InChI is InChI=1S/C15H16N4O3/c1-10-8-15(20)17-6-7-18(10)13-2-3-14(19(21)22)12-9-16-5-4-11(12)13/h2-5,9-10H,6-8H2,1H3,(H,17,20)/t10-/m1/s1. The van der Waals surface area contributed by atoms with Crippen molar-refractivity contribution >= 4 is 28.1 Å². The molecule has 0 spiro atoms. The highest BCUT2D eigenvalue weighted by atomic mass is 16.6. The van der Waals surface area contributed by atoms with Gasteiger partial charge >= 0.3 is 0 Å². The Kier molecular flexibility index (Phi) is 3.62. The van der Waals surface area contributed by atoms with Gasteiger partial charge in [-0.3, -0.25) is 19.9 Å². The highest BCUT2D eigenvalue weighted by Crippen LogP contribution is 2.34. The fraction of sp³-hybridized carbons (Fsp3) is 0.333. The molecule has 1 aliphatic heterocycles. The highest BCUT2D eigenvalue weighted by molar-refractivity contribution is 5.99. The number of nitrogens with zero attached hydrogens (tertiary/aromatic N) is 3.